The van der Waals surface area contributed by atoms with Gasteiger partial charge < -0.3 is 4.90 Å². The fourth-order valence-corrected chi connectivity index (χ4v) is 1.44. The molecule has 0 unspecified atom stereocenters. The molecule has 1 aromatic carbocycles. The SMILES string of the molecule is Cc1ccccc1CN(C)C(=O)CC(F)(F)F. The Balaban J connectivity index is 2.64. The molecule has 0 radical (unpaired) electrons. The highest BCUT2D eigenvalue weighted by atomic mass is 19.4. The van der Waals surface area contributed by atoms with E-state index in [1.165, 1.54) is 7.05 Å². The number of halogens is 3. The number of hydrogen-bond acceptors (Lipinski definition) is 1. The van der Waals surface area contributed by atoms with Gasteiger partial charge in [0.25, 0.3) is 0 Å². The van der Waals surface area contributed by atoms with Crippen LogP contribution in [-0.2, 0) is 11.3 Å². The lowest BCUT2D eigenvalue weighted by atomic mass is 10.1. The van der Waals surface area contributed by atoms with Gasteiger partial charge in [0.05, 0.1) is 0 Å². The zero-order valence-corrected chi connectivity index (χ0v) is 9.71. The van der Waals surface area contributed by atoms with Gasteiger partial charge in [0, 0.05) is 13.6 Å². The van der Waals surface area contributed by atoms with Crippen molar-refractivity contribution < 1.29 is 18.0 Å². The Morgan fingerprint density at radius 3 is 2.41 bits per heavy atom. The highest BCUT2D eigenvalue weighted by Gasteiger charge is 2.32. The summed E-state index contributed by atoms with van der Waals surface area (Å²) < 4.78 is 36.1. The van der Waals surface area contributed by atoms with Crippen molar-refractivity contribution in [3.05, 3.63) is 35.4 Å². The van der Waals surface area contributed by atoms with E-state index >= 15 is 0 Å². The first kappa shape index (κ1) is 13.5. The molecular formula is C12H14F3NO. The van der Waals surface area contributed by atoms with Gasteiger partial charge in [-0.15, -0.1) is 0 Å². The molecule has 1 aromatic rings. The summed E-state index contributed by atoms with van der Waals surface area (Å²) >= 11 is 0. The molecule has 1 rings (SSSR count). The van der Waals surface area contributed by atoms with Crippen molar-refractivity contribution in [2.75, 3.05) is 7.05 Å². The van der Waals surface area contributed by atoms with Crippen LogP contribution >= 0.6 is 0 Å². The Kier molecular flexibility index (Phi) is 4.15. The van der Waals surface area contributed by atoms with Crippen LogP contribution in [0.1, 0.15) is 17.5 Å². The maximum atomic E-state index is 12.0. The van der Waals surface area contributed by atoms with Crippen LogP contribution in [0.15, 0.2) is 24.3 Å². The Labute approximate surface area is 98.0 Å². The maximum Gasteiger partial charge on any atom is 0.397 e. The summed E-state index contributed by atoms with van der Waals surface area (Å²) in [4.78, 5) is 12.4. The van der Waals surface area contributed by atoms with Crippen LogP contribution in [0.4, 0.5) is 13.2 Å². The third-order valence-electron chi connectivity index (χ3n) is 2.45. The second kappa shape index (κ2) is 5.21. The summed E-state index contributed by atoms with van der Waals surface area (Å²) in [5.74, 6) is -0.916. The molecule has 0 aliphatic heterocycles. The van der Waals surface area contributed by atoms with Gasteiger partial charge in [-0.1, -0.05) is 24.3 Å². The van der Waals surface area contributed by atoms with Crippen molar-refractivity contribution in [1.82, 2.24) is 4.90 Å². The third-order valence-corrected chi connectivity index (χ3v) is 2.45. The Bertz CT molecular complexity index is 401. The van der Waals surface area contributed by atoms with E-state index in [4.69, 9.17) is 0 Å². The number of rotatable bonds is 3. The van der Waals surface area contributed by atoms with E-state index in [1.807, 2.05) is 19.1 Å². The summed E-state index contributed by atoms with van der Waals surface area (Å²) in [6, 6.07) is 7.30. The zero-order valence-electron chi connectivity index (χ0n) is 9.71. The first-order chi connectivity index (χ1) is 7.79. The van der Waals surface area contributed by atoms with Gasteiger partial charge in [0.1, 0.15) is 6.42 Å². The molecule has 0 fully saturated rings. The summed E-state index contributed by atoms with van der Waals surface area (Å²) in [6.45, 7) is 2.05. The van der Waals surface area contributed by atoms with Crippen molar-refractivity contribution in [1.29, 1.82) is 0 Å². The van der Waals surface area contributed by atoms with E-state index in [-0.39, 0.29) is 6.54 Å². The number of benzene rings is 1. The Morgan fingerprint density at radius 1 is 1.29 bits per heavy atom. The van der Waals surface area contributed by atoms with Crippen molar-refractivity contribution in [3.63, 3.8) is 0 Å². The van der Waals surface area contributed by atoms with Crippen LogP contribution in [0, 0.1) is 6.92 Å². The van der Waals surface area contributed by atoms with Gasteiger partial charge in [0.15, 0.2) is 0 Å². The Hall–Kier alpha value is -1.52. The minimum Gasteiger partial charge on any atom is -0.341 e. The van der Waals surface area contributed by atoms with Gasteiger partial charge in [-0.3, -0.25) is 4.79 Å². The van der Waals surface area contributed by atoms with E-state index < -0.39 is 18.5 Å². The lowest BCUT2D eigenvalue weighted by Crippen LogP contribution is -2.30. The highest BCUT2D eigenvalue weighted by Crippen LogP contribution is 2.21. The molecule has 2 nitrogen and oxygen atoms in total. The molecule has 17 heavy (non-hydrogen) atoms. The predicted molar refractivity (Wildman–Crippen MR) is 58.3 cm³/mol. The fourth-order valence-electron chi connectivity index (χ4n) is 1.44. The van der Waals surface area contributed by atoms with E-state index in [0.717, 1.165) is 16.0 Å². The molecule has 0 aromatic heterocycles. The van der Waals surface area contributed by atoms with E-state index in [1.54, 1.807) is 12.1 Å². The highest BCUT2D eigenvalue weighted by molar-refractivity contribution is 5.76. The number of aryl methyl sites for hydroxylation is 1. The fraction of sp³-hybridized carbons (Fsp3) is 0.417. The molecule has 0 heterocycles. The molecule has 94 valence electrons. The lowest BCUT2D eigenvalue weighted by molar-refractivity contribution is -0.160. The smallest absolute Gasteiger partial charge is 0.341 e. The van der Waals surface area contributed by atoms with Crippen molar-refractivity contribution in [3.8, 4) is 0 Å². The Morgan fingerprint density at radius 2 is 1.88 bits per heavy atom. The van der Waals surface area contributed by atoms with Gasteiger partial charge in [-0.25, -0.2) is 0 Å². The van der Waals surface area contributed by atoms with Crippen LogP contribution in [0.3, 0.4) is 0 Å². The molecule has 0 aliphatic carbocycles. The summed E-state index contributed by atoms with van der Waals surface area (Å²) in [7, 11) is 1.38. The quantitative estimate of drug-likeness (QED) is 0.801. The van der Waals surface area contributed by atoms with Crippen LogP contribution < -0.4 is 0 Å². The predicted octanol–water partition coefficient (Wildman–Crippen LogP) is 2.91. The van der Waals surface area contributed by atoms with E-state index in [9.17, 15) is 18.0 Å². The summed E-state index contributed by atoms with van der Waals surface area (Å²) in [5.41, 5.74) is 1.81. The van der Waals surface area contributed by atoms with Crippen LogP contribution in [0.5, 0.6) is 0 Å². The number of carbonyl (C=O) groups excluding carboxylic acids is 1. The first-order valence-electron chi connectivity index (χ1n) is 5.15. The van der Waals surface area contributed by atoms with Crippen LogP contribution in [0.2, 0.25) is 0 Å². The van der Waals surface area contributed by atoms with E-state index in [0.29, 0.717) is 0 Å². The molecule has 1 amide bonds. The lowest BCUT2D eigenvalue weighted by Gasteiger charge is -2.19. The summed E-state index contributed by atoms with van der Waals surface area (Å²) in [6.07, 6.45) is -5.85. The summed E-state index contributed by atoms with van der Waals surface area (Å²) in [5, 5.41) is 0. The average molecular weight is 245 g/mol. The minimum absolute atomic E-state index is 0.196. The topological polar surface area (TPSA) is 20.3 Å². The standard InChI is InChI=1S/C12H14F3NO/c1-9-5-3-4-6-10(9)8-16(2)11(17)7-12(13,14)15/h3-6H,7-8H2,1-2H3. The van der Waals surface area contributed by atoms with Gasteiger partial charge >= 0.3 is 6.18 Å². The van der Waals surface area contributed by atoms with Crippen LogP contribution in [-0.4, -0.2) is 24.0 Å². The first-order valence-corrected chi connectivity index (χ1v) is 5.15. The number of carbonyl (C=O) groups is 1. The number of amides is 1. The molecule has 0 bridgehead atoms. The molecular weight excluding hydrogens is 231 g/mol. The third kappa shape index (κ3) is 4.46. The maximum absolute atomic E-state index is 12.0. The largest absolute Gasteiger partial charge is 0.397 e. The molecule has 0 aliphatic rings. The van der Waals surface area contributed by atoms with Crippen molar-refractivity contribution in [2.24, 2.45) is 0 Å². The van der Waals surface area contributed by atoms with Gasteiger partial charge in [0.2, 0.25) is 5.91 Å². The molecule has 0 saturated heterocycles. The van der Waals surface area contributed by atoms with E-state index in [2.05, 4.69) is 0 Å². The second-order valence-corrected chi connectivity index (χ2v) is 3.97. The molecule has 0 saturated carbocycles. The second-order valence-electron chi connectivity index (χ2n) is 3.97. The minimum atomic E-state index is -4.45. The zero-order chi connectivity index (χ0) is 13.1. The van der Waals surface area contributed by atoms with Gasteiger partial charge in [-0.2, -0.15) is 13.2 Å². The van der Waals surface area contributed by atoms with Gasteiger partial charge in [-0.05, 0) is 18.1 Å². The molecule has 0 N–H and O–H groups in total. The van der Waals surface area contributed by atoms with Crippen LogP contribution in [0.25, 0.3) is 0 Å². The molecule has 0 atom stereocenters. The number of nitrogens with zero attached hydrogens (tertiary/aromatic N) is 1. The van der Waals surface area contributed by atoms with Crippen molar-refractivity contribution >= 4 is 5.91 Å². The monoisotopic (exact) mass is 245 g/mol. The molecule has 5 heteroatoms. The molecule has 0 spiro atoms. The normalized spacial score (nSPS) is 11.4. The number of alkyl halides is 3. The average Bonchev–Trinajstić information content (AvgIpc) is 2.18. The van der Waals surface area contributed by atoms with Crippen molar-refractivity contribution in [2.45, 2.75) is 26.1 Å². The number of hydrogen-bond donors (Lipinski definition) is 0.